The molecule has 1 rings (SSSR count). The minimum atomic E-state index is -3.75. The van der Waals surface area contributed by atoms with Crippen LogP contribution >= 0.6 is 11.3 Å². The molecule has 0 bridgehead atoms. The Kier molecular flexibility index (Phi) is 3.87. The summed E-state index contributed by atoms with van der Waals surface area (Å²) in [6.45, 7) is 0.134. The van der Waals surface area contributed by atoms with Crippen LogP contribution in [-0.4, -0.2) is 28.2 Å². The van der Waals surface area contributed by atoms with Gasteiger partial charge in [-0.2, -0.15) is 0 Å². The van der Waals surface area contributed by atoms with Gasteiger partial charge in [0.25, 0.3) is 0 Å². The summed E-state index contributed by atoms with van der Waals surface area (Å²) in [5, 5.41) is 0.950. The Bertz CT molecular complexity index is 500. The molecular formula is C7H11NO4S3. The molecule has 0 saturated heterocycles. The maximum absolute atomic E-state index is 11.3. The number of hydrogen-bond acceptors (Lipinski definition) is 5. The molecule has 0 amide bonds. The van der Waals surface area contributed by atoms with Gasteiger partial charge in [0.05, 0.1) is 0 Å². The molecule has 0 spiro atoms. The second kappa shape index (κ2) is 4.60. The standard InChI is InChI=1S/C7H11NO4S3/c1-14(9,10)6-15(11,12)8-5-7-3-2-4-13-7/h2-4,8H,5-6H2,1H3. The van der Waals surface area contributed by atoms with Crippen LogP contribution in [-0.2, 0) is 26.4 Å². The van der Waals surface area contributed by atoms with Gasteiger partial charge in [0.15, 0.2) is 14.9 Å². The highest BCUT2D eigenvalue weighted by atomic mass is 32.3. The van der Waals surface area contributed by atoms with E-state index in [1.807, 2.05) is 5.38 Å². The van der Waals surface area contributed by atoms with E-state index in [0.29, 0.717) is 0 Å². The number of nitrogens with one attached hydrogen (secondary N) is 1. The van der Waals surface area contributed by atoms with E-state index >= 15 is 0 Å². The number of hydrogen-bond donors (Lipinski definition) is 1. The van der Waals surface area contributed by atoms with Crippen LogP contribution in [0.5, 0.6) is 0 Å². The third-order valence-electron chi connectivity index (χ3n) is 1.42. The van der Waals surface area contributed by atoms with Gasteiger partial charge in [-0.3, -0.25) is 0 Å². The number of sulfonamides is 1. The van der Waals surface area contributed by atoms with Gasteiger partial charge in [0, 0.05) is 17.7 Å². The molecule has 0 saturated carbocycles. The Labute approximate surface area is 93.1 Å². The highest BCUT2D eigenvalue weighted by molar-refractivity contribution is 8.06. The Morgan fingerprint density at radius 1 is 1.33 bits per heavy atom. The van der Waals surface area contributed by atoms with Crippen LogP contribution in [0.1, 0.15) is 4.88 Å². The van der Waals surface area contributed by atoms with E-state index in [0.717, 1.165) is 11.1 Å². The molecule has 8 heteroatoms. The molecule has 0 aliphatic rings. The van der Waals surface area contributed by atoms with Crippen molar-refractivity contribution in [2.24, 2.45) is 0 Å². The van der Waals surface area contributed by atoms with Crippen molar-refractivity contribution in [1.82, 2.24) is 4.72 Å². The lowest BCUT2D eigenvalue weighted by Gasteiger charge is -2.03. The predicted molar refractivity (Wildman–Crippen MR) is 59.8 cm³/mol. The van der Waals surface area contributed by atoms with Gasteiger partial charge in [-0.15, -0.1) is 11.3 Å². The first kappa shape index (κ1) is 12.6. The number of thiophene rings is 1. The first-order valence-electron chi connectivity index (χ1n) is 3.96. The monoisotopic (exact) mass is 269 g/mol. The first-order chi connectivity index (χ1) is 6.79. The molecule has 1 aromatic rings. The van der Waals surface area contributed by atoms with Crippen molar-refractivity contribution in [3.05, 3.63) is 22.4 Å². The SMILES string of the molecule is CS(=O)(=O)CS(=O)(=O)NCc1cccs1. The molecule has 0 fully saturated rings. The summed E-state index contributed by atoms with van der Waals surface area (Å²) in [4.78, 5) is 0.840. The summed E-state index contributed by atoms with van der Waals surface area (Å²) < 4.78 is 46.3. The minimum Gasteiger partial charge on any atom is -0.228 e. The van der Waals surface area contributed by atoms with E-state index in [2.05, 4.69) is 4.72 Å². The van der Waals surface area contributed by atoms with Crippen LogP contribution in [0.25, 0.3) is 0 Å². The van der Waals surface area contributed by atoms with Gasteiger partial charge in [-0.1, -0.05) is 6.07 Å². The van der Waals surface area contributed by atoms with E-state index in [4.69, 9.17) is 0 Å². The minimum absolute atomic E-state index is 0.134. The van der Waals surface area contributed by atoms with E-state index in [-0.39, 0.29) is 6.54 Å². The van der Waals surface area contributed by atoms with Crippen LogP contribution in [0.3, 0.4) is 0 Å². The Morgan fingerprint density at radius 3 is 2.47 bits per heavy atom. The van der Waals surface area contributed by atoms with Crippen molar-refractivity contribution >= 4 is 31.2 Å². The highest BCUT2D eigenvalue weighted by Crippen LogP contribution is 2.08. The van der Waals surface area contributed by atoms with Crippen LogP contribution in [0.15, 0.2) is 17.5 Å². The Hall–Kier alpha value is -0.440. The molecule has 1 aromatic heterocycles. The van der Waals surface area contributed by atoms with Crippen LogP contribution in [0.2, 0.25) is 0 Å². The Balaban J connectivity index is 2.59. The maximum atomic E-state index is 11.3. The first-order valence-corrected chi connectivity index (χ1v) is 8.55. The second-order valence-electron chi connectivity index (χ2n) is 3.06. The zero-order valence-corrected chi connectivity index (χ0v) is 10.5. The summed E-state index contributed by atoms with van der Waals surface area (Å²) in [6, 6.07) is 3.57. The number of sulfone groups is 1. The lowest BCUT2D eigenvalue weighted by Crippen LogP contribution is -2.29. The lowest BCUT2D eigenvalue weighted by molar-refractivity contribution is 0.581. The van der Waals surface area contributed by atoms with Crippen molar-refractivity contribution in [3.63, 3.8) is 0 Å². The van der Waals surface area contributed by atoms with Gasteiger partial charge in [0.1, 0.15) is 0 Å². The third-order valence-corrected chi connectivity index (χ3v) is 5.83. The molecule has 1 N–H and O–H groups in total. The molecule has 0 aliphatic heterocycles. The fraction of sp³-hybridized carbons (Fsp3) is 0.429. The van der Waals surface area contributed by atoms with Crippen molar-refractivity contribution in [2.75, 3.05) is 11.3 Å². The quantitative estimate of drug-likeness (QED) is 0.826. The molecule has 86 valence electrons. The molecule has 5 nitrogen and oxygen atoms in total. The van der Waals surface area contributed by atoms with Gasteiger partial charge in [0.2, 0.25) is 10.0 Å². The Morgan fingerprint density at radius 2 is 2.00 bits per heavy atom. The zero-order valence-electron chi connectivity index (χ0n) is 8.00. The van der Waals surface area contributed by atoms with E-state index in [9.17, 15) is 16.8 Å². The fourth-order valence-electron chi connectivity index (χ4n) is 0.918. The molecule has 0 unspecified atom stereocenters. The summed E-state index contributed by atoms with van der Waals surface area (Å²) in [6.07, 6.45) is 0.886. The summed E-state index contributed by atoms with van der Waals surface area (Å²) in [5.74, 6) is 0. The molecule has 0 radical (unpaired) electrons. The van der Waals surface area contributed by atoms with Crippen LogP contribution < -0.4 is 4.72 Å². The van der Waals surface area contributed by atoms with Crippen LogP contribution in [0.4, 0.5) is 0 Å². The summed E-state index contributed by atoms with van der Waals surface area (Å²) >= 11 is 1.41. The van der Waals surface area contributed by atoms with Crippen molar-refractivity contribution < 1.29 is 16.8 Å². The third kappa shape index (κ3) is 5.26. The molecule has 15 heavy (non-hydrogen) atoms. The fourth-order valence-corrected chi connectivity index (χ4v) is 4.62. The maximum Gasteiger partial charge on any atom is 0.226 e. The van der Waals surface area contributed by atoms with Gasteiger partial charge in [-0.25, -0.2) is 21.6 Å². The van der Waals surface area contributed by atoms with E-state index in [1.54, 1.807) is 12.1 Å². The topological polar surface area (TPSA) is 80.3 Å². The summed E-state index contributed by atoms with van der Waals surface area (Å²) in [7, 11) is -7.27. The lowest BCUT2D eigenvalue weighted by atomic mass is 10.5. The van der Waals surface area contributed by atoms with E-state index < -0.39 is 24.9 Å². The van der Waals surface area contributed by atoms with Gasteiger partial charge in [-0.05, 0) is 11.4 Å². The normalized spacial score (nSPS) is 12.9. The highest BCUT2D eigenvalue weighted by Gasteiger charge is 2.17. The van der Waals surface area contributed by atoms with Crippen LogP contribution in [0, 0.1) is 0 Å². The molecule has 0 aromatic carbocycles. The second-order valence-corrected chi connectivity index (χ2v) is 8.40. The number of rotatable bonds is 5. The average Bonchev–Trinajstić information content (AvgIpc) is 2.47. The van der Waals surface area contributed by atoms with Gasteiger partial charge < -0.3 is 0 Å². The smallest absolute Gasteiger partial charge is 0.226 e. The van der Waals surface area contributed by atoms with E-state index in [1.165, 1.54) is 11.3 Å². The largest absolute Gasteiger partial charge is 0.228 e. The molecule has 0 aliphatic carbocycles. The van der Waals surface area contributed by atoms with Crippen molar-refractivity contribution in [2.45, 2.75) is 6.54 Å². The summed E-state index contributed by atoms with van der Waals surface area (Å²) in [5.41, 5.74) is 0. The molecular weight excluding hydrogens is 258 g/mol. The van der Waals surface area contributed by atoms with Gasteiger partial charge >= 0.3 is 0 Å². The zero-order chi connectivity index (χ0) is 11.5. The average molecular weight is 269 g/mol. The molecule has 0 atom stereocenters. The van der Waals surface area contributed by atoms with Crippen molar-refractivity contribution in [3.8, 4) is 0 Å². The molecule has 1 heterocycles. The predicted octanol–water partition coefficient (Wildman–Crippen LogP) is 0.170. The van der Waals surface area contributed by atoms with Crippen molar-refractivity contribution in [1.29, 1.82) is 0 Å².